The molecule has 6 nitrogen and oxygen atoms in total. The van der Waals surface area contributed by atoms with Gasteiger partial charge in [0.15, 0.2) is 0 Å². The van der Waals surface area contributed by atoms with Crippen LogP contribution >= 0.6 is 0 Å². The number of fused-ring (bicyclic) bond motifs is 1. The highest BCUT2D eigenvalue weighted by molar-refractivity contribution is 5.78. The molecule has 0 radical (unpaired) electrons. The van der Waals surface area contributed by atoms with Gasteiger partial charge < -0.3 is 4.90 Å². The van der Waals surface area contributed by atoms with Crippen molar-refractivity contribution < 1.29 is 4.79 Å². The molecular weight excluding hydrogens is 292 g/mol. The third-order valence-corrected chi connectivity index (χ3v) is 4.89. The molecule has 0 aliphatic heterocycles. The lowest BCUT2D eigenvalue weighted by Crippen LogP contribution is -2.44. The molecular formula is C17H22N4O2. The molecule has 0 spiro atoms. The van der Waals surface area contributed by atoms with E-state index in [1.165, 1.54) is 17.3 Å². The van der Waals surface area contributed by atoms with Crippen LogP contribution in [0.25, 0.3) is 10.9 Å². The van der Waals surface area contributed by atoms with E-state index in [1.54, 1.807) is 18.5 Å². The lowest BCUT2D eigenvalue weighted by Gasteiger charge is -2.36. The average molecular weight is 314 g/mol. The Labute approximate surface area is 135 Å². The Balaban J connectivity index is 1.80. The Kier molecular flexibility index (Phi) is 4.41. The maximum Gasteiger partial charge on any atom is 0.261 e. The second-order valence-corrected chi connectivity index (χ2v) is 6.40. The van der Waals surface area contributed by atoms with Crippen LogP contribution < -0.4 is 5.56 Å². The number of hydrogen-bond donors (Lipinski definition) is 0. The zero-order valence-electron chi connectivity index (χ0n) is 13.6. The fraction of sp³-hybridized carbons (Fsp3) is 0.529. The Morgan fingerprint density at radius 1 is 1.39 bits per heavy atom. The van der Waals surface area contributed by atoms with Gasteiger partial charge in [0.2, 0.25) is 5.91 Å². The SMILES string of the molecule is C[C@H]1CCCC[C@@H]1N(C)C(=O)Cn1cnc2cnccc2c1=O. The molecule has 1 amide bonds. The number of hydrogen-bond acceptors (Lipinski definition) is 4. The predicted octanol–water partition coefficient (Wildman–Crippen LogP) is 1.83. The largest absolute Gasteiger partial charge is 0.341 e. The maximum atomic E-state index is 12.6. The first kappa shape index (κ1) is 15.6. The predicted molar refractivity (Wildman–Crippen MR) is 88.0 cm³/mol. The van der Waals surface area contributed by atoms with E-state index >= 15 is 0 Å². The van der Waals surface area contributed by atoms with Crippen molar-refractivity contribution >= 4 is 16.8 Å². The highest BCUT2D eigenvalue weighted by Crippen LogP contribution is 2.27. The van der Waals surface area contributed by atoms with Crippen molar-refractivity contribution in [3.05, 3.63) is 35.1 Å². The van der Waals surface area contributed by atoms with Gasteiger partial charge in [0, 0.05) is 19.3 Å². The van der Waals surface area contributed by atoms with Gasteiger partial charge in [0.05, 0.1) is 23.4 Å². The molecule has 0 N–H and O–H groups in total. The van der Waals surface area contributed by atoms with Gasteiger partial charge in [-0.1, -0.05) is 19.8 Å². The van der Waals surface area contributed by atoms with Crippen LogP contribution in [0.2, 0.25) is 0 Å². The minimum Gasteiger partial charge on any atom is -0.341 e. The molecule has 1 aliphatic rings. The molecule has 6 heteroatoms. The third-order valence-electron chi connectivity index (χ3n) is 4.89. The summed E-state index contributed by atoms with van der Waals surface area (Å²) >= 11 is 0. The van der Waals surface area contributed by atoms with Crippen molar-refractivity contribution in [3.63, 3.8) is 0 Å². The quantitative estimate of drug-likeness (QED) is 0.867. The van der Waals surface area contributed by atoms with Gasteiger partial charge in [-0.2, -0.15) is 0 Å². The van der Waals surface area contributed by atoms with E-state index in [1.807, 2.05) is 11.9 Å². The molecule has 3 rings (SSSR count). The summed E-state index contributed by atoms with van der Waals surface area (Å²) in [6.45, 7) is 2.23. The van der Waals surface area contributed by atoms with Crippen LogP contribution in [0.1, 0.15) is 32.6 Å². The lowest BCUT2D eigenvalue weighted by molar-refractivity contribution is -0.134. The van der Waals surface area contributed by atoms with E-state index in [2.05, 4.69) is 16.9 Å². The van der Waals surface area contributed by atoms with Gasteiger partial charge in [-0.3, -0.25) is 19.1 Å². The molecule has 0 saturated heterocycles. The van der Waals surface area contributed by atoms with Gasteiger partial charge in [0.25, 0.3) is 5.56 Å². The average Bonchev–Trinajstić information content (AvgIpc) is 2.57. The maximum absolute atomic E-state index is 12.6. The molecule has 0 aromatic carbocycles. The van der Waals surface area contributed by atoms with E-state index in [-0.39, 0.29) is 24.1 Å². The Morgan fingerprint density at radius 3 is 2.96 bits per heavy atom. The molecule has 2 aromatic heterocycles. The Bertz CT molecular complexity index is 771. The van der Waals surface area contributed by atoms with Gasteiger partial charge in [0.1, 0.15) is 6.54 Å². The molecule has 1 aliphatic carbocycles. The number of pyridine rings is 1. The molecule has 0 bridgehead atoms. The molecule has 1 saturated carbocycles. The van der Waals surface area contributed by atoms with Crippen LogP contribution in [0.15, 0.2) is 29.6 Å². The Hall–Kier alpha value is -2.24. The van der Waals surface area contributed by atoms with Gasteiger partial charge >= 0.3 is 0 Å². The number of likely N-dealkylation sites (N-methyl/N-ethyl adjacent to an activating group) is 1. The molecule has 2 heterocycles. The van der Waals surface area contributed by atoms with Crippen molar-refractivity contribution in [1.29, 1.82) is 0 Å². The van der Waals surface area contributed by atoms with Crippen molar-refractivity contribution in [1.82, 2.24) is 19.4 Å². The summed E-state index contributed by atoms with van der Waals surface area (Å²) in [5, 5.41) is 0.490. The van der Waals surface area contributed by atoms with Crippen LogP contribution in [-0.2, 0) is 11.3 Å². The molecule has 122 valence electrons. The van der Waals surface area contributed by atoms with Gasteiger partial charge in [-0.05, 0) is 24.8 Å². The first-order valence-corrected chi connectivity index (χ1v) is 8.12. The normalized spacial score (nSPS) is 21.3. The second kappa shape index (κ2) is 6.48. The topological polar surface area (TPSA) is 68.1 Å². The highest BCUT2D eigenvalue weighted by atomic mass is 16.2. The fourth-order valence-electron chi connectivity index (χ4n) is 3.44. The van der Waals surface area contributed by atoms with Crippen LogP contribution in [-0.4, -0.2) is 38.4 Å². The minimum absolute atomic E-state index is 0.0316. The van der Waals surface area contributed by atoms with Gasteiger partial charge in [-0.15, -0.1) is 0 Å². The summed E-state index contributed by atoms with van der Waals surface area (Å²) in [6, 6.07) is 1.91. The summed E-state index contributed by atoms with van der Waals surface area (Å²) in [6.07, 6.45) is 9.15. The van der Waals surface area contributed by atoms with Crippen LogP contribution in [0.4, 0.5) is 0 Å². The van der Waals surface area contributed by atoms with Gasteiger partial charge in [-0.25, -0.2) is 4.98 Å². The van der Waals surface area contributed by atoms with Crippen LogP contribution in [0.3, 0.4) is 0 Å². The molecule has 1 fully saturated rings. The van der Waals surface area contributed by atoms with Crippen molar-refractivity contribution in [2.24, 2.45) is 5.92 Å². The van der Waals surface area contributed by atoms with Crippen LogP contribution in [0, 0.1) is 5.92 Å². The zero-order chi connectivity index (χ0) is 16.4. The standard InChI is InChI=1S/C17H22N4O2/c1-12-5-3-4-6-15(12)20(2)16(22)10-21-11-19-14-9-18-8-7-13(14)17(21)23/h7-9,11-12,15H,3-6,10H2,1-2H3/t12-,15-/m0/s1. The fourth-order valence-corrected chi connectivity index (χ4v) is 3.44. The zero-order valence-corrected chi connectivity index (χ0v) is 13.6. The lowest BCUT2D eigenvalue weighted by atomic mass is 9.85. The van der Waals surface area contributed by atoms with E-state index in [0.717, 1.165) is 19.3 Å². The number of aromatic nitrogens is 3. The number of amides is 1. The number of rotatable bonds is 3. The third kappa shape index (κ3) is 3.11. The van der Waals surface area contributed by atoms with Crippen molar-refractivity contribution in [2.75, 3.05) is 7.05 Å². The number of carbonyl (C=O) groups is 1. The van der Waals surface area contributed by atoms with Crippen molar-refractivity contribution in [2.45, 2.75) is 45.2 Å². The molecule has 0 unspecified atom stereocenters. The van der Waals surface area contributed by atoms with Crippen LogP contribution in [0.5, 0.6) is 0 Å². The molecule has 23 heavy (non-hydrogen) atoms. The van der Waals surface area contributed by atoms with E-state index < -0.39 is 0 Å². The molecule has 2 aromatic rings. The monoisotopic (exact) mass is 314 g/mol. The first-order chi connectivity index (χ1) is 11.1. The first-order valence-electron chi connectivity index (χ1n) is 8.12. The van der Waals surface area contributed by atoms with E-state index in [9.17, 15) is 9.59 Å². The smallest absolute Gasteiger partial charge is 0.261 e. The summed E-state index contributed by atoms with van der Waals surface area (Å²) in [5.74, 6) is 0.469. The van der Waals surface area contributed by atoms with E-state index in [4.69, 9.17) is 0 Å². The summed E-state index contributed by atoms with van der Waals surface area (Å²) < 4.78 is 1.38. The Morgan fingerprint density at radius 2 is 2.17 bits per heavy atom. The summed E-state index contributed by atoms with van der Waals surface area (Å²) in [7, 11) is 1.85. The minimum atomic E-state index is -0.198. The second-order valence-electron chi connectivity index (χ2n) is 6.40. The number of carbonyl (C=O) groups excluding carboxylic acids is 1. The van der Waals surface area contributed by atoms with Crippen molar-refractivity contribution in [3.8, 4) is 0 Å². The molecule has 2 atom stereocenters. The highest BCUT2D eigenvalue weighted by Gasteiger charge is 2.28. The number of nitrogens with zero attached hydrogens (tertiary/aromatic N) is 4. The summed E-state index contributed by atoms with van der Waals surface area (Å²) in [5.41, 5.74) is 0.353. The summed E-state index contributed by atoms with van der Waals surface area (Å²) in [4.78, 5) is 35.0. The van der Waals surface area contributed by atoms with E-state index in [0.29, 0.717) is 16.8 Å².